The minimum absolute atomic E-state index is 0.479. The summed E-state index contributed by atoms with van der Waals surface area (Å²) in [5.41, 5.74) is 0. The molecule has 13 N–H and O–H groups in total. The van der Waals surface area contributed by atoms with E-state index in [1.54, 1.807) is 0 Å². The molecule has 0 aliphatic carbocycles. The Balaban J connectivity index is 1.83. The number of rotatable bonds is 23. The first-order valence-corrected chi connectivity index (χ1v) is 25.2. The van der Waals surface area contributed by atoms with Crippen molar-refractivity contribution in [2.75, 3.05) is 19.8 Å². The SMILES string of the molecule is C=CCO[C@@H]1O[C@H](COS(=O)(=O)O)[C@H](OS(=O)(=O)O)[C@H](O[C@@H]2O[C@H](C(=O)O)[C@@H](O[C@@H]3O[C@H](COS(=O)(=O)O)[C@H](OS(=O)(=O)O)[C@H](O[C@@H]4O[C@H](C(=O)O)[C@@H](O)[C@H](O)[C@H]4O)[C@H]3NC(C)=O)[C@H](O)[C@H]2O)[C@H]1NC(C)=O. The number of carbonyl (C=O) groups is 4. The van der Waals surface area contributed by atoms with Gasteiger partial charge in [0.2, 0.25) is 11.8 Å². The molecule has 0 bridgehead atoms. The molecule has 4 fully saturated rings. The van der Waals surface area contributed by atoms with Crippen LogP contribution < -0.4 is 10.6 Å². The maximum atomic E-state index is 12.9. The second kappa shape index (κ2) is 24.5. The number of carboxylic acid groups (broad SMARTS) is 2. The van der Waals surface area contributed by atoms with Crippen LogP contribution in [0.15, 0.2) is 12.7 Å². The summed E-state index contributed by atoms with van der Waals surface area (Å²) in [6.45, 7) is 1.47. The van der Waals surface area contributed by atoms with Gasteiger partial charge >= 0.3 is 53.5 Å². The van der Waals surface area contributed by atoms with Crippen molar-refractivity contribution in [3.63, 3.8) is 0 Å². The first-order valence-electron chi connectivity index (χ1n) is 19.8. The minimum Gasteiger partial charge on any atom is -0.479 e. The van der Waals surface area contributed by atoms with Crippen LogP contribution in [0.1, 0.15) is 13.8 Å². The second-order valence-corrected chi connectivity index (χ2v) is 19.6. The lowest BCUT2D eigenvalue weighted by Crippen LogP contribution is -2.71. The van der Waals surface area contributed by atoms with Crippen molar-refractivity contribution in [3.05, 3.63) is 12.7 Å². The molecule has 0 spiro atoms. The molecule has 0 unspecified atom stereocenters. The predicted octanol–water partition coefficient (Wildman–Crippen LogP) is -8.76. The number of aliphatic hydroxyl groups excluding tert-OH is 5. The Morgan fingerprint density at radius 2 is 0.903 bits per heavy atom. The topological polar surface area (TPSA) is 562 Å². The predicted molar refractivity (Wildman–Crippen MR) is 214 cm³/mol. The molecule has 0 aromatic rings. The Morgan fingerprint density at radius 3 is 1.29 bits per heavy atom. The fourth-order valence-electron chi connectivity index (χ4n) is 7.34. The van der Waals surface area contributed by atoms with Gasteiger partial charge in [0.25, 0.3) is 0 Å². The standard InChI is InChI=1S/C31H48N2O35S4/c1-4-5-57-28-12(32-8(2)34)21(19(67-71(51,52)53)10(60-28)6-58-69(45,46)47)62-31-18(40)16(38)23(25(66-31)27(43)44)64-29-13(33-9(3)35)22(63-30-17(39)14(36)15(37)24(65-30)26(41)42)20(68-72(54,55)56)11(61-29)7-59-70(48,49)50/h4,10-25,28-31,36-40H,1,5-7H2,2-3H3,(H,32,34)(H,33,35)(H,41,42)(H,43,44)(H,45,46,47)(H,48,49,50)(H,51,52,53)(H,54,55,56)/t10-,11-,12-,13-,14+,15+,16-,17-,18-,19+,20+,21-,22-,23+,24+,25+,28-,29+,30-,31-/m1/s1. The van der Waals surface area contributed by atoms with Crippen molar-refractivity contribution in [2.45, 2.75) is 137 Å². The van der Waals surface area contributed by atoms with Crippen LogP contribution >= 0.6 is 0 Å². The zero-order chi connectivity index (χ0) is 54.6. The Hall–Kier alpha value is -3.42. The minimum atomic E-state index is -5.84. The summed E-state index contributed by atoms with van der Waals surface area (Å²) in [4.78, 5) is 49.9. The van der Waals surface area contributed by atoms with E-state index in [0.717, 1.165) is 19.9 Å². The maximum absolute atomic E-state index is 12.9. The van der Waals surface area contributed by atoms with Crippen molar-refractivity contribution >= 4 is 65.3 Å². The van der Waals surface area contributed by atoms with Gasteiger partial charge in [-0.2, -0.15) is 33.7 Å². The highest BCUT2D eigenvalue weighted by Gasteiger charge is 2.59. The molecule has 4 rings (SSSR count). The molecule has 4 heterocycles. The van der Waals surface area contributed by atoms with E-state index in [0.29, 0.717) is 0 Å². The maximum Gasteiger partial charge on any atom is 0.397 e. The van der Waals surface area contributed by atoms with E-state index in [4.69, 9.17) is 37.9 Å². The van der Waals surface area contributed by atoms with Crippen molar-refractivity contribution in [1.82, 2.24) is 10.6 Å². The normalized spacial score (nSPS) is 38.0. The van der Waals surface area contributed by atoms with Crippen LogP contribution in [0.3, 0.4) is 0 Å². The fraction of sp³-hybridized carbons (Fsp3) is 0.806. The number of carbonyl (C=O) groups excluding carboxylic acids is 2. The summed E-state index contributed by atoms with van der Waals surface area (Å²) in [5, 5.41) is 78.7. The lowest BCUT2D eigenvalue weighted by atomic mass is 9.94. The zero-order valence-electron chi connectivity index (χ0n) is 36.3. The summed E-state index contributed by atoms with van der Waals surface area (Å²) in [7, 11) is -22.5. The number of nitrogens with one attached hydrogen (secondary N) is 2. The summed E-state index contributed by atoms with van der Waals surface area (Å²) in [6.07, 6.45) is -44.1. The van der Waals surface area contributed by atoms with E-state index in [2.05, 4.69) is 28.6 Å². The molecule has 41 heteroatoms. The van der Waals surface area contributed by atoms with Gasteiger partial charge in [-0.3, -0.25) is 27.8 Å². The molecule has 20 atom stereocenters. The third kappa shape index (κ3) is 16.8. The summed E-state index contributed by atoms with van der Waals surface area (Å²) >= 11 is 0. The largest absolute Gasteiger partial charge is 0.479 e. The van der Waals surface area contributed by atoms with Crippen molar-refractivity contribution in [1.29, 1.82) is 0 Å². The molecule has 2 amide bonds. The first-order chi connectivity index (χ1) is 33.0. The summed E-state index contributed by atoms with van der Waals surface area (Å²) in [5.74, 6) is -6.41. The molecule has 0 saturated carbocycles. The molecular formula is C31H48N2O35S4. The number of hydrogen-bond donors (Lipinski definition) is 13. The van der Waals surface area contributed by atoms with Crippen LogP contribution in [0.2, 0.25) is 0 Å². The lowest BCUT2D eigenvalue weighted by Gasteiger charge is -2.50. The average Bonchev–Trinajstić information content (AvgIpc) is 3.22. The van der Waals surface area contributed by atoms with E-state index >= 15 is 0 Å². The van der Waals surface area contributed by atoms with Gasteiger partial charge < -0.3 is 84.3 Å². The summed E-state index contributed by atoms with van der Waals surface area (Å²) in [6, 6.07) is -4.30. The van der Waals surface area contributed by atoms with Crippen LogP contribution in [-0.2, 0) is 115 Å². The third-order valence-electron chi connectivity index (χ3n) is 10.1. The molecular weight excluding hydrogens is 1090 g/mol. The van der Waals surface area contributed by atoms with Gasteiger partial charge in [-0.25, -0.2) is 26.3 Å². The number of aliphatic carboxylic acids is 2. The van der Waals surface area contributed by atoms with Gasteiger partial charge in [0.05, 0.1) is 19.8 Å². The number of hydrogen-bond acceptors (Lipinski definition) is 29. The van der Waals surface area contributed by atoms with Crippen LogP contribution in [0.25, 0.3) is 0 Å². The van der Waals surface area contributed by atoms with Crippen LogP contribution in [0.4, 0.5) is 0 Å². The van der Waals surface area contributed by atoms with Gasteiger partial charge in [-0.1, -0.05) is 6.08 Å². The highest BCUT2D eigenvalue weighted by molar-refractivity contribution is 7.81. The fourth-order valence-corrected chi connectivity index (χ4v) is 8.99. The van der Waals surface area contributed by atoms with E-state index in [9.17, 15) is 107 Å². The molecule has 4 saturated heterocycles. The van der Waals surface area contributed by atoms with Gasteiger partial charge in [0.15, 0.2) is 37.4 Å². The third-order valence-corrected chi connectivity index (χ3v) is 11.9. The van der Waals surface area contributed by atoms with Crippen molar-refractivity contribution < 1.29 is 161 Å². The zero-order valence-corrected chi connectivity index (χ0v) is 39.6. The van der Waals surface area contributed by atoms with E-state index in [1.165, 1.54) is 0 Å². The molecule has 72 heavy (non-hydrogen) atoms. The highest BCUT2D eigenvalue weighted by atomic mass is 32.3. The Bertz CT molecular complexity index is 2390. The van der Waals surface area contributed by atoms with Crippen molar-refractivity contribution in [3.8, 4) is 0 Å². The second-order valence-electron chi connectivity index (χ2n) is 15.3. The molecule has 0 aromatic heterocycles. The van der Waals surface area contributed by atoms with Gasteiger partial charge in [0, 0.05) is 13.8 Å². The van der Waals surface area contributed by atoms with Gasteiger partial charge in [-0.05, 0) is 0 Å². The Labute approximate surface area is 405 Å². The average molecular weight is 1140 g/mol. The Kier molecular flexibility index (Phi) is 20.8. The number of ether oxygens (including phenoxy) is 8. The van der Waals surface area contributed by atoms with Gasteiger partial charge in [-0.15, -0.1) is 6.58 Å². The number of aliphatic hydroxyl groups is 5. The monoisotopic (exact) mass is 1140 g/mol. The molecule has 0 radical (unpaired) electrons. The molecule has 4 aliphatic rings. The first kappa shape index (κ1) is 61.1. The smallest absolute Gasteiger partial charge is 0.397 e. The van der Waals surface area contributed by atoms with E-state index in [1.807, 2.05) is 5.32 Å². The van der Waals surface area contributed by atoms with Crippen LogP contribution in [0.5, 0.6) is 0 Å². The van der Waals surface area contributed by atoms with E-state index < -0.39 is 208 Å². The van der Waals surface area contributed by atoms with E-state index in [-0.39, 0.29) is 0 Å². The quantitative estimate of drug-likeness (QED) is 0.0334. The number of amides is 2. The molecule has 37 nitrogen and oxygen atoms in total. The van der Waals surface area contributed by atoms with Crippen molar-refractivity contribution in [2.24, 2.45) is 0 Å². The molecule has 4 aliphatic heterocycles. The highest BCUT2D eigenvalue weighted by Crippen LogP contribution is 2.37. The Morgan fingerprint density at radius 1 is 0.514 bits per heavy atom. The van der Waals surface area contributed by atoms with Crippen LogP contribution in [0, 0.1) is 0 Å². The van der Waals surface area contributed by atoms with Gasteiger partial charge in [0.1, 0.15) is 85.3 Å². The molecule has 0 aromatic carbocycles. The van der Waals surface area contributed by atoms with Crippen LogP contribution in [-0.4, -0.2) is 254 Å². The lowest BCUT2D eigenvalue weighted by molar-refractivity contribution is -0.367. The molecule has 416 valence electrons. The summed E-state index contributed by atoms with van der Waals surface area (Å²) < 4.78 is 195. The number of carboxylic acids is 2.